The van der Waals surface area contributed by atoms with Gasteiger partial charge in [-0.05, 0) is 60.6 Å². The fraction of sp³-hybridized carbons (Fsp3) is 0.185. The van der Waals surface area contributed by atoms with E-state index in [4.69, 9.17) is 0 Å². The van der Waals surface area contributed by atoms with E-state index in [1.54, 1.807) is 18.2 Å². The van der Waals surface area contributed by atoms with E-state index in [1.165, 1.54) is 22.1 Å². The molecule has 2 aliphatic rings. The van der Waals surface area contributed by atoms with Crippen molar-refractivity contribution in [2.75, 3.05) is 4.90 Å². The lowest BCUT2D eigenvalue weighted by atomic mass is 9.88. The fourth-order valence-electron chi connectivity index (χ4n) is 4.74. The minimum atomic E-state index is -0.847. The van der Waals surface area contributed by atoms with Crippen LogP contribution < -0.4 is 4.90 Å². The third-order valence-electron chi connectivity index (χ3n) is 6.32. The van der Waals surface area contributed by atoms with Crippen molar-refractivity contribution in [2.45, 2.75) is 31.7 Å². The molecule has 1 fully saturated rings. The van der Waals surface area contributed by atoms with E-state index >= 15 is 0 Å². The van der Waals surface area contributed by atoms with Gasteiger partial charge in [0.25, 0.3) is 11.7 Å². The van der Waals surface area contributed by atoms with Gasteiger partial charge in [-0.15, -0.1) is 0 Å². The molecule has 1 atom stereocenters. The van der Waals surface area contributed by atoms with Crippen molar-refractivity contribution in [3.8, 4) is 5.75 Å². The quantitative estimate of drug-likeness (QED) is 0.356. The van der Waals surface area contributed by atoms with Crippen LogP contribution >= 0.6 is 0 Å². The number of carbonyl (C=O) groups excluding carboxylic acids is 2. The number of fused-ring (bicyclic) bond motifs is 1. The first kappa shape index (κ1) is 20.1. The zero-order chi connectivity index (χ0) is 22.2. The third-order valence-corrected chi connectivity index (χ3v) is 6.32. The van der Waals surface area contributed by atoms with E-state index in [0.717, 1.165) is 25.7 Å². The molecular formula is C27H23NO4. The average Bonchev–Trinajstić information content (AvgIpc) is 3.09. The number of hydrogen-bond acceptors (Lipinski definition) is 4. The maximum atomic E-state index is 13.2. The number of benzene rings is 3. The zero-order valence-electron chi connectivity index (χ0n) is 17.5. The maximum Gasteiger partial charge on any atom is 0.300 e. The fourth-order valence-corrected chi connectivity index (χ4v) is 4.74. The lowest BCUT2D eigenvalue weighted by Gasteiger charge is -2.26. The molecule has 1 unspecified atom stereocenters. The molecule has 1 aliphatic carbocycles. The molecule has 0 spiro atoms. The van der Waals surface area contributed by atoms with Crippen LogP contribution in [0, 0.1) is 0 Å². The summed E-state index contributed by atoms with van der Waals surface area (Å²) in [5.41, 5.74) is 3.90. The van der Waals surface area contributed by atoms with Crippen molar-refractivity contribution in [3.63, 3.8) is 0 Å². The van der Waals surface area contributed by atoms with Crippen LogP contribution in [-0.2, 0) is 22.4 Å². The standard InChI is InChI=1S/C27H23NO4/c29-22-13-7-6-12-21(22)28-24(18-9-2-1-3-10-18)23(26(31)27(28)32)25(30)20-15-14-17-8-4-5-11-19(17)16-20/h1-3,6-7,9-10,12-16,24,29-30H,4-5,8,11H2/b25-23-. The van der Waals surface area contributed by atoms with E-state index in [2.05, 4.69) is 0 Å². The van der Waals surface area contributed by atoms with Crippen LogP contribution in [0.2, 0.25) is 0 Å². The summed E-state index contributed by atoms with van der Waals surface area (Å²) in [4.78, 5) is 27.6. The average molecular weight is 425 g/mol. The molecule has 0 bridgehead atoms. The van der Waals surface area contributed by atoms with Crippen molar-refractivity contribution in [1.29, 1.82) is 0 Å². The molecule has 160 valence electrons. The molecule has 1 aliphatic heterocycles. The Hall–Kier alpha value is -3.86. The van der Waals surface area contributed by atoms with Crippen molar-refractivity contribution < 1.29 is 19.8 Å². The Morgan fingerprint density at radius 1 is 0.844 bits per heavy atom. The largest absolute Gasteiger partial charge is 0.507 e. The van der Waals surface area contributed by atoms with E-state index in [-0.39, 0.29) is 22.8 Å². The van der Waals surface area contributed by atoms with Crippen LogP contribution in [-0.4, -0.2) is 21.9 Å². The maximum absolute atomic E-state index is 13.2. The molecule has 0 aromatic heterocycles. The van der Waals surface area contributed by atoms with Gasteiger partial charge >= 0.3 is 0 Å². The number of rotatable bonds is 3. The summed E-state index contributed by atoms with van der Waals surface area (Å²) >= 11 is 0. The predicted octanol–water partition coefficient (Wildman–Crippen LogP) is 4.90. The number of Topliss-reactive ketones (excluding diaryl/α,β-unsaturated/α-hetero) is 1. The molecule has 1 heterocycles. The Labute approximate surface area is 186 Å². The van der Waals surface area contributed by atoms with Gasteiger partial charge in [-0.3, -0.25) is 14.5 Å². The number of aryl methyl sites for hydroxylation is 2. The topological polar surface area (TPSA) is 77.8 Å². The Morgan fingerprint density at radius 3 is 2.28 bits per heavy atom. The number of nitrogens with zero attached hydrogens (tertiary/aromatic N) is 1. The van der Waals surface area contributed by atoms with Crippen molar-refractivity contribution in [1.82, 2.24) is 0 Å². The first-order valence-electron chi connectivity index (χ1n) is 10.8. The second-order valence-corrected chi connectivity index (χ2v) is 8.26. The number of anilines is 1. The van der Waals surface area contributed by atoms with Gasteiger partial charge in [0.05, 0.1) is 17.3 Å². The Kier molecular flexibility index (Phi) is 5.02. The third kappa shape index (κ3) is 3.26. The number of aliphatic hydroxyl groups is 1. The van der Waals surface area contributed by atoms with Crippen molar-refractivity contribution >= 4 is 23.1 Å². The molecule has 32 heavy (non-hydrogen) atoms. The highest BCUT2D eigenvalue weighted by molar-refractivity contribution is 6.51. The summed E-state index contributed by atoms with van der Waals surface area (Å²) in [6.45, 7) is 0. The number of amides is 1. The summed E-state index contributed by atoms with van der Waals surface area (Å²) in [7, 11) is 0. The van der Waals surface area contributed by atoms with Gasteiger partial charge in [-0.2, -0.15) is 0 Å². The zero-order valence-corrected chi connectivity index (χ0v) is 17.5. The Balaban J connectivity index is 1.70. The number of para-hydroxylation sites is 2. The monoisotopic (exact) mass is 425 g/mol. The first-order valence-corrected chi connectivity index (χ1v) is 10.8. The number of hydrogen-bond donors (Lipinski definition) is 2. The van der Waals surface area contributed by atoms with E-state index < -0.39 is 17.7 Å². The van der Waals surface area contributed by atoms with Crippen LogP contribution in [0.25, 0.3) is 5.76 Å². The summed E-state index contributed by atoms with van der Waals surface area (Å²) in [5.74, 6) is -1.84. The van der Waals surface area contributed by atoms with Gasteiger partial charge in [-0.25, -0.2) is 0 Å². The molecule has 5 heteroatoms. The van der Waals surface area contributed by atoms with Crippen molar-refractivity contribution in [3.05, 3.63) is 101 Å². The van der Waals surface area contributed by atoms with E-state index in [1.807, 2.05) is 48.5 Å². The minimum Gasteiger partial charge on any atom is -0.507 e. The van der Waals surface area contributed by atoms with Crippen LogP contribution in [0.3, 0.4) is 0 Å². The summed E-state index contributed by atoms with van der Waals surface area (Å²) in [6.07, 6.45) is 4.19. The number of phenolic OH excluding ortho intramolecular Hbond substituents is 1. The highest BCUT2D eigenvalue weighted by atomic mass is 16.3. The van der Waals surface area contributed by atoms with E-state index in [9.17, 15) is 19.8 Å². The Morgan fingerprint density at radius 2 is 1.53 bits per heavy atom. The van der Waals surface area contributed by atoms with Crippen LogP contribution in [0.1, 0.15) is 41.1 Å². The molecule has 0 radical (unpaired) electrons. The highest BCUT2D eigenvalue weighted by Crippen LogP contribution is 2.44. The lowest BCUT2D eigenvalue weighted by Crippen LogP contribution is -2.29. The molecule has 0 saturated carbocycles. The van der Waals surface area contributed by atoms with Crippen LogP contribution in [0.15, 0.2) is 78.4 Å². The molecule has 5 rings (SSSR count). The van der Waals surface area contributed by atoms with Crippen LogP contribution in [0.5, 0.6) is 5.75 Å². The second kappa shape index (κ2) is 8.00. The smallest absolute Gasteiger partial charge is 0.300 e. The van der Waals surface area contributed by atoms with Gasteiger partial charge in [-0.1, -0.05) is 54.6 Å². The van der Waals surface area contributed by atoms with Gasteiger partial charge in [0.15, 0.2) is 0 Å². The molecule has 1 saturated heterocycles. The van der Waals surface area contributed by atoms with Crippen molar-refractivity contribution in [2.24, 2.45) is 0 Å². The lowest BCUT2D eigenvalue weighted by molar-refractivity contribution is -0.132. The summed E-state index contributed by atoms with van der Waals surface area (Å²) in [6, 6.07) is 20.4. The minimum absolute atomic E-state index is 0.0280. The number of aromatic hydroxyl groups is 1. The molecule has 5 nitrogen and oxygen atoms in total. The highest BCUT2D eigenvalue weighted by Gasteiger charge is 2.47. The second-order valence-electron chi connectivity index (χ2n) is 8.26. The summed E-state index contributed by atoms with van der Waals surface area (Å²) in [5, 5.41) is 21.7. The van der Waals surface area contributed by atoms with Gasteiger partial charge in [0.1, 0.15) is 11.5 Å². The molecule has 1 amide bonds. The van der Waals surface area contributed by atoms with E-state index in [0.29, 0.717) is 11.1 Å². The van der Waals surface area contributed by atoms with Gasteiger partial charge in [0.2, 0.25) is 0 Å². The first-order chi connectivity index (χ1) is 15.6. The normalized spacial score (nSPS) is 19.8. The SMILES string of the molecule is O=C1C(=O)N(c2ccccc2O)C(c2ccccc2)/C1=C(/O)c1ccc2c(c1)CCCC2. The number of phenols is 1. The van der Waals surface area contributed by atoms with Crippen LogP contribution in [0.4, 0.5) is 5.69 Å². The molecular weight excluding hydrogens is 402 g/mol. The Bertz CT molecular complexity index is 1250. The molecule has 2 N–H and O–H groups in total. The predicted molar refractivity (Wildman–Crippen MR) is 122 cm³/mol. The van der Waals surface area contributed by atoms with Gasteiger partial charge in [0, 0.05) is 5.56 Å². The molecule has 3 aromatic carbocycles. The van der Waals surface area contributed by atoms with Gasteiger partial charge < -0.3 is 10.2 Å². The summed E-state index contributed by atoms with van der Waals surface area (Å²) < 4.78 is 0. The number of carbonyl (C=O) groups is 2. The number of ketones is 1. The molecule has 3 aromatic rings. The number of aliphatic hydroxyl groups excluding tert-OH is 1.